The number of carbonyl (C=O) groups excluding carboxylic acids is 1. The first kappa shape index (κ1) is 14.3. The van der Waals surface area contributed by atoms with Crippen LogP contribution in [0.1, 0.15) is 24.2 Å². The van der Waals surface area contributed by atoms with Gasteiger partial charge in [0, 0.05) is 11.6 Å². The molecule has 1 N–H and O–H groups in total. The number of allylic oxidation sites excluding steroid dienone is 1. The summed E-state index contributed by atoms with van der Waals surface area (Å²) >= 11 is 5.81. The van der Waals surface area contributed by atoms with E-state index in [1.165, 1.54) is 0 Å². The van der Waals surface area contributed by atoms with Gasteiger partial charge in [0.1, 0.15) is 5.57 Å². The van der Waals surface area contributed by atoms with Gasteiger partial charge in [-0.05, 0) is 31.5 Å². The maximum absolute atomic E-state index is 12.1. The van der Waals surface area contributed by atoms with Gasteiger partial charge in [0.2, 0.25) is 0 Å². The van der Waals surface area contributed by atoms with Gasteiger partial charge in [-0.3, -0.25) is 4.79 Å². The summed E-state index contributed by atoms with van der Waals surface area (Å²) in [4.78, 5) is 16.1. The number of halogens is 1. The molecule has 2 aromatic rings. The predicted molar refractivity (Wildman–Crippen MR) is 76.0 cm³/mol. The van der Waals surface area contributed by atoms with Crippen molar-refractivity contribution in [3.63, 3.8) is 0 Å². The number of aromatic nitrogens is 2. The molecule has 0 unspecified atom stereocenters. The minimum absolute atomic E-state index is 0.221. The van der Waals surface area contributed by atoms with Crippen LogP contribution in [-0.2, 0) is 11.3 Å². The van der Waals surface area contributed by atoms with Gasteiger partial charge in [-0.1, -0.05) is 35.0 Å². The standard InChI is InChI=1S/C14H14ClN3O2/c1-3-12(14-17-9(2)18-20-14)13(19)16-8-10-4-6-11(15)7-5-10/h3-7H,8H2,1-2H3,(H,16,19)/b12-3+. The van der Waals surface area contributed by atoms with Crippen LogP contribution in [0.3, 0.4) is 0 Å². The number of hydrogen-bond donors (Lipinski definition) is 1. The molecule has 0 saturated carbocycles. The second-order valence-corrected chi connectivity index (χ2v) is 4.59. The highest BCUT2D eigenvalue weighted by molar-refractivity contribution is 6.30. The number of aryl methyl sites for hydroxylation is 1. The minimum Gasteiger partial charge on any atom is -0.348 e. The van der Waals surface area contributed by atoms with Crippen LogP contribution in [0.25, 0.3) is 5.57 Å². The average molecular weight is 292 g/mol. The monoisotopic (exact) mass is 291 g/mol. The number of hydrogen-bond acceptors (Lipinski definition) is 4. The molecule has 0 aliphatic rings. The van der Waals surface area contributed by atoms with Crippen LogP contribution in [0.15, 0.2) is 34.9 Å². The van der Waals surface area contributed by atoms with Crippen molar-refractivity contribution in [2.24, 2.45) is 0 Å². The van der Waals surface area contributed by atoms with Crippen molar-refractivity contribution >= 4 is 23.1 Å². The molecular weight excluding hydrogens is 278 g/mol. The first-order chi connectivity index (χ1) is 9.60. The quantitative estimate of drug-likeness (QED) is 0.880. The Morgan fingerprint density at radius 1 is 1.40 bits per heavy atom. The molecule has 104 valence electrons. The highest BCUT2D eigenvalue weighted by atomic mass is 35.5. The second-order valence-electron chi connectivity index (χ2n) is 4.16. The number of benzene rings is 1. The SMILES string of the molecule is C/C=C(\C(=O)NCc1ccc(Cl)cc1)c1nc(C)no1. The fourth-order valence-corrected chi connectivity index (χ4v) is 1.76. The van der Waals surface area contributed by atoms with Crippen molar-refractivity contribution in [1.82, 2.24) is 15.5 Å². The van der Waals surface area contributed by atoms with Gasteiger partial charge in [-0.15, -0.1) is 0 Å². The number of nitrogens with one attached hydrogen (secondary N) is 1. The van der Waals surface area contributed by atoms with Crippen LogP contribution < -0.4 is 5.32 Å². The lowest BCUT2D eigenvalue weighted by Crippen LogP contribution is -2.23. The van der Waals surface area contributed by atoms with Crippen molar-refractivity contribution in [3.8, 4) is 0 Å². The van der Waals surface area contributed by atoms with Gasteiger partial charge in [0.25, 0.3) is 11.8 Å². The average Bonchev–Trinajstić information content (AvgIpc) is 2.85. The Kier molecular flexibility index (Phi) is 4.53. The Hall–Kier alpha value is -2.14. The Bertz CT molecular complexity index is 632. The molecule has 0 atom stereocenters. The summed E-state index contributed by atoms with van der Waals surface area (Å²) in [6, 6.07) is 7.27. The number of amides is 1. The van der Waals surface area contributed by atoms with E-state index in [9.17, 15) is 4.79 Å². The molecule has 0 aliphatic carbocycles. The molecule has 1 amide bonds. The molecule has 0 aliphatic heterocycles. The highest BCUT2D eigenvalue weighted by Gasteiger charge is 2.16. The molecule has 0 saturated heterocycles. The summed E-state index contributed by atoms with van der Waals surface area (Å²) in [5.41, 5.74) is 1.32. The van der Waals surface area contributed by atoms with Gasteiger partial charge in [-0.25, -0.2) is 0 Å². The van der Waals surface area contributed by atoms with E-state index in [-0.39, 0.29) is 11.8 Å². The number of nitrogens with zero attached hydrogens (tertiary/aromatic N) is 2. The zero-order chi connectivity index (χ0) is 14.5. The summed E-state index contributed by atoms with van der Waals surface area (Å²) in [7, 11) is 0. The molecule has 0 spiro atoms. The third-order valence-corrected chi connectivity index (χ3v) is 2.91. The zero-order valence-corrected chi connectivity index (χ0v) is 11.9. The molecule has 1 aromatic heterocycles. The third kappa shape index (κ3) is 3.45. The van der Waals surface area contributed by atoms with Crippen LogP contribution >= 0.6 is 11.6 Å². The van der Waals surface area contributed by atoms with E-state index in [0.29, 0.717) is 23.0 Å². The van der Waals surface area contributed by atoms with Crippen LogP contribution in [0, 0.1) is 6.92 Å². The fourth-order valence-electron chi connectivity index (χ4n) is 1.64. The molecule has 1 heterocycles. The van der Waals surface area contributed by atoms with Crippen LogP contribution in [0.2, 0.25) is 5.02 Å². The van der Waals surface area contributed by atoms with Crippen LogP contribution in [0.4, 0.5) is 0 Å². The van der Waals surface area contributed by atoms with E-state index in [1.54, 1.807) is 32.1 Å². The molecule has 0 fully saturated rings. The zero-order valence-electron chi connectivity index (χ0n) is 11.2. The van der Waals surface area contributed by atoms with Gasteiger partial charge < -0.3 is 9.84 Å². The Morgan fingerprint density at radius 3 is 2.65 bits per heavy atom. The van der Waals surface area contributed by atoms with E-state index in [1.807, 2.05) is 12.1 Å². The molecule has 20 heavy (non-hydrogen) atoms. The van der Waals surface area contributed by atoms with Crippen molar-refractivity contribution < 1.29 is 9.32 Å². The Morgan fingerprint density at radius 2 is 2.10 bits per heavy atom. The van der Waals surface area contributed by atoms with Crippen molar-refractivity contribution in [2.75, 3.05) is 0 Å². The Balaban J connectivity index is 2.02. The predicted octanol–water partition coefficient (Wildman–Crippen LogP) is 2.75. The van der Waals surface area contributed by atoms with Crippen LogP contribution in [-0.4, -0.2) is 16.0 Å². The van der Waals surface area contributed by atoms with Crippen molar-refractivity contribution in [3.05, 3.63) is 52.6 Å². The molecular formula is C14H14ClN3O2. The van der Waals surface area contributed by atoms with E-state index >= 15 is 0 Å². The summed E-state index contributed by atoms with van der Waals surface area (Å²) in [5.74, 6) is 0.453. The topological polar surface area (TPSA) is 68.0 Å². The lowest BCUT2D eigenvalue weighted by molar-refractivity contribution is -0.115. The molecule has 6 heteroatoms. The first-order valence-corrected chi connectivity index (χ1v) is 6.47. The molecule has 1 aromatic carbocycles. The van der Waals surface area contributed by atoms with E-state index in [4.69, 9.17) is 16.1 Å². The first-order valence-electron chi connectivity index (χ1n) is 6.10. The third-order valence-electron chi connectivity index (χ3n) is 2.66. The van der Waals surface area contributed by atoms with Crippen molar-refractivity contribution in [2.45, 2.75) is 20.4 Å². The van der Waals surface area contributed by atoms with Gasteiger partial charge >= 0.3 is 0 Å². The summed E-state index contributed by atoms with van der Waals surface area (Å²) < 4.78 is 5.00. The number of carbonyl (C=O) groups is 1. The Labute approximate surface area is 121 Å². The highest BCUT2D eigenvalue weighted by Crippen LogP contribution is 2.13. The van der Waals surface area contributed by atoms with Crippen LogP contribution in [0.5, 0.6) is 0 Å². The number of rotatable bonds is 4. The maximum Gasteiger partial charge on any atom is 0.263 e. The summed E-state index contributed by atoms with van der Waals surface area (Å²) in [5, 5.41) is 7.14. The van der Waals surface area contributed by atoms with E-state index < -0.39 is 0 Å². The molecule has 5 nitrogen and oxygen atoms in total. The van der Waals surface area contributed by atoms with Gasteiger partial charge in [0.15, 0.2) is 5.82 Å². The normalized spacial score (nSPS) is 11.4. The summed E-state index contributed by atoms with van der Waals surface area (Å²) in [6.45, 7) is 3.85. The van der Waals surface area contributed by atoms with Crippen molar-refractivity contribution in [1.29, 1.82) is 0 Å². The maximum atomic E-state index is 12.1. The molecule has 0 radical (unpaired) electrons. The second kappa shape index (κ2) is 6.34. The lowest BCUT2D eigenvalue weighted by Gasteiger charge is -2.06. The largest absolute Gasteiger partial charge is 0.348 e. The van der Waals surface area contributed by atoms with Gasteiger partial charge in [-0.2, -0.15) is 4.98 Å². The lowest BCUT2D eigenvalue weighted by atomic mass is 10.2. The van der Waals surface area contributed by atoms with E-state index in [2.05, 4.69) is 15.5 Å². The van der Waals surface area contributed by atoms with E-state index in [0.717, 1.165) is 5.56 Å². The summed E-state index contributed by atoms with van der Waals surface area (Å²) in [6.07, 6.45) is 1.64. The smallest absolute Gasteiger partial charge is 0.263 e. The molecule has 0 bridgehead atoms. The minimum atomic E-state index is -0.258. The van der Waals surface area contributed by atoms with Gasteiger partial charge in [0.05, 0.1) is 0 Å². The molecule has 2 rings (SSSR count). The fraction of sp³-hybridized carbons (Fsp3) is 0.214.